The fourth-order valence-electron chi connectivity index (χ4n) is 3.71. The van der Waals surface area contributed by atoms with E-state index in [1.165, 1.54) is 19.3 Å². The molecular formula is C15H19ClN2O. The first-order chi connectivity index (χ1) is 9.16. The summed E-state index contributed by atoms with van der Waals surface area (Å²) in [7, 11) is 0. The lowest BCUT2D eigenvalue weighted by molar-refractivity contribution is 0.0633. The highest BCUT2D eigenvalue weighted by Gasteiger charge is 2.42. The number of aromatic nitrogens is 1. The van der Waals surface area contributed by atoms with Crippen LogP contribution in [0.5, 0.6) is 0 Å². The van der Waals surface area contributed by atoms with Crippen LogP contribution in [-0.4, -0.2) is 27.9 Å². The van der Waals surface area contributed by atoms with Gasteiger partial charge in [0.05, 0.1) is 5.56 Å². The Hall–Kier alpha value is -1.09. The van der Waals surface area contributed by atoms with E-state index < -0.39 is 0 Å². The molecule has 0 aromatic carbocycles. The van der Waals surface area contributed by atoms with Crippen molar-refractivity contribution < 1.29 is 4.79 Å². The Morgan fingerprint density at radius 1 is 1.37 bits per heavy atom. The number of pyridine rings is 1. The van der Waals surface area contributed by atoms with E-state index in [4.69, 9.17) is 11.6 Å². The van der Waals surface area contributed by atoms with Crippen molar-refractivity contribution in [2.45, 2.75) is 51.1 Å². The number of hydrogen-bond acceptors (Lipinski definition) is 2. The van der Waals surface area contributed by atoms with Crippen LogP contribution >= 0.6 is 11.6 Å². The average molecular weight is 279 g/mol. The summed E-state index contributed by atoms with van der Waals surface area (Å²) in [6.45, 7) is 2.17. The fraction of sp³-hybridized carbons (Fsp3) is 0.600. The smallest absolute Gasteiger partial charge is 0.255 e. The summed E-state index contributed by atoms with van der Waals surface area (Å²) in [5.41, 5.74) is 0.655. The zero-order valence-electron chi connectivity index (χ0n) is 11.2. The number of halogens is 1. The van der Waals surface area contributed by atoms with E-state index in [0.717, 1.165) is 12.8 Å². The van der Waals surface area contributed by atoms with E-state index >= 15 is 0 Å². The molecule has 3 rings (SSSR count). The Morgan fingerprint density at radius 3 is 2.89 bits per heavy atom. The van der Waals surface area contributed by atoms with Crippen molar-refractivity contribution in [3.8, 4) is 0 Å². The van der Waals surface area contributed by atoms with Gasteiger partial charge in [-0.2, -0.15) is 0 Å². The first kappa shape index (κ1) is 12.9. The summed E-state index contributed by atoms with van der Waals surface area (Å²) < 4.78 is 0. The van der Waals surface area contributed by atoms with Crippen LogP contribution in [0, 0.1) is 5.92 Å². The van der Waals surface area contributed by atoms with Crippen molar-refractivity contribution in [2.75, 3.05) is 0 Å². The molecule has 0 N–H and O–H groups in total. The molecule has 1 saturated carbocycles. The van der Waals surface area contributed by atoms with Gasteiger partial charge in [0, 0.05) is 18.3 Å². The topological polar surface area (TPSA) is 33.2 Å². The molecule has 3 atom stereocenters. The molecule has 0 spiro atoms. The average Bonchev–Trinajstić information content (AvgIpc) is 2.74. The quantitative estimate of drug-likeness (QED) is 0.736. The molecule has 1 aromatic heterocycles. The van der Waals surface area contributed by atoms with Gasteiger partial charge in [-0.05, 0) is 44.2 Å². The normalized spacial score (nSPS) is 30.2. The van der Waals surface area contributed by atoms with E-state index in [1.54, 1.807) is 18.3 Å². The lowest BCUT2D eigenvalue weighted by atomic mass is 9.85. The molecule has 1 aliphatic carbocycles. The van der Waals surface area contributed by atoms with Crippen molar-refractivity contribution >= 4 is 17.5 Å². The first-order valence-electron chi connectivity index (χ1n) is 7.11. The standard InChI is InChI=1S/C15H19ClN2O/c1-10-8-11-4-2-3-5-13(11)18(10)15(19)12-6-7-14(16)17-9-12/h6-7,9-11,13H,2-5,8H2,1H3/t10-,11-,13+/m1/s1. The van der Waals surface area contributed by atoms with Gasteiger partial charge in [-0.15, -0.1) is 0 Å². The maximum absolute atomic E-state index is 12.7. The van der Waals surface area contributed by atoms with Gasteiger partial charge in [0.1, 0.15) is 5.15 Å². The minimum atomic E-state index is 0.117. The first-order valence-corrected chi connectivity index (χ1v) is 7.49. The summed E-state index contributed by atoms with van der Waals surface area (Å²) in [4.78, 5) is 18.8. The lowest BCUT2D eigenvalue weighted by Gasteiger charge is -2.33. The highest BCUT2D eigenvalue weighted by molar-refractivity contribution is 6.29. The van der Waals surface area contributed by atoms with Crippen LogP contribution < -0.4 is 0 Å². The van der Waals surface area contributed by atoms with Gasteiger partial charge in [-0.3, -0.25) is 4.79 Å². The third-order valence-corrected chi connectivity index (χ3v) is 4.78. The van der Waals surface area contributed by atoms with Gasteiger partial charge in [-0.25, -0.2) is 4.98 Å². The molecule has 1 aromatic rings. The van der Waals surface area contributed by atoms with Crippen LogP contribution in [0.3, 0.4) is 0 Å². The molecule has 0 radical (unpaired) electrons. The SMILES string of the molecule is C[C@@H]1C[C@H]2CCCC[C@@H]2N1C(=O)c1ccc(Cl)nc1. The molecule has 1 amide bonds. The number of carbonyl (C=O) groups excluding carboxylic acids is 1. The molecule has 1 saturated heterocycles. The van der Waals surface area contributed by atoms with E-state index in [0.29, 0.717) is 28.7 Å². The van der Waals surface area contributed by atoms with Gasteiger partial charge < -0.3 is 4.90 Å². The second-order valence-corrected chi connectivity index (χ2v) is 6.17. The summed E-state index contributed by atoms with van der Waals surface area (Å²) >= 11 is 5.78. The molecule has 19 heavy (non-hydrogen) atoms. The zero-order valence-corrected chi connectivity index (χ0v) is 11.9. The van der Waals surface area contributed by atoms with Crippen LogP contribution in [0.25, 0.3) is 0 Å². The predicted octanol–water partition coefficient (Wildman–Crippen LogP) is 3.53. The molecule has 2 heterocycles. The minimum Gasteiger partial charge on any atom is -0.333 e. The van der Waals surface area contributed by atoms with Gasteiger partial charge >= 0.3 is 0 Å². The van der Waals surface area contributed by atoms with Gasteiger partial charge in [0.25, 0.3) is 5.91 Å². The van der Waals surface area contributed by atoms with Crippen molar-refractivity contribution in [2.24, 2.45) is 5.92 Å². The monoisotopic (exact) mass is 278 g/mol. The lowest BCUT2D eigenvalue weighted by Crippen LogP contribution is -2.42. The van der Waals surface area contributed by atoms with Crippen LogP contribution in [0.4, 0.5) is 0 Å². The number of fused-ring (bicyclic) bond motifs is 1. The molecule has 2 fully saturated rings. The maximum atomic E-state index is 12.7. The van der Waals surface area contributed by atoms with Crippen molar-refractivity contribution in [3.05, 3.63) is 29.0 Å². The van der Waals surface area contributed by atoms with Crippen LogP contribution in [0.1, 0.15) is 49.4 Å². The van der Waals surface area contributed by atoms with Gasteiger partial charge in [0.15, 0.2) is 0 Å². The van der Waals surface area contributed by atoms with Crippen molar-refractivity contribution in [1.82, 2.24) is 9.88 Å². The van der Waals surface area contributed by atoms with Crippen LogP contribution in [0.15, 0.2) is 18.3 Å². The molecule has 0 unspecified atom stereocenters. The third kappa shape index (κ3) is 2.36. The maximum Gasteiger partial charge on any atom is 0.255 e. The van der Waals surface area contributed by atoms with E-state index in [-0.39, 0.29) is 5.91 Å². The number of hydrogen-bond donors (Lipinski definition) is 0. The third-order valence-electron chi connectivity index (χ3n) is 4.55. The van der Waals surface area contributed by atoms with Crippen molar-refractivity contribution in [1.29, 1.82) is 0 Å². The van der Waals surface area contributed by atoms with Crippen LogP contribution in [-0.2, 0) is 0 Å². The summed E-state index contributed by atoms with van der Waals surface area (Å²) in [5.74, 6) is 0.819. The Morgan fingerprint density at radius 2 is 2.16 bits per heavy atom. The molecule has 4 heteroatoms. The van der Waals surface area contributed by atoms with Crippen molar-refractivity contribution in [3.63, 3.8) is 0 Å². The highest BCUT2D eigenvalue weighted by atomic mass is 35.5. The largest absolute Gasteiger partial charge is 0.333 e. The summed E-state index contributed by atoms with van der Waals surface area (Å²) in [6.07, 6.45) is 7.74. The Balaban J connectivity index is 1.84. The van der Waals surface area contributed by atoms with Gasteiger partial charge in [0.2, 0.25) is 0 Å². The van der Waals surface area contributed by atoms with Gasteiger partial charge in [-0.1, -0.05) is 24.4 Å². The molecular weight excluding hydrogens is 260 g/mol. The summed E-state index contributed by atoms with van der Waals surface area (Å²) in [6, 6.07) is 4.25. The number of rotatable bonds is 1. The van der Waals surface area contributed by atoms with E-state index in [2.05, 4.69) is 16.8 Å². The molecule has 1 aliphatic heterocycles. The number of likely N-dealkylation sites (tertiary alicyclic amines) is 1. The Bertz CT molecular complexity index is 474. The number of nitrogens with zero attached hydrogens (tertiary/aromatic N) is 2. The van der Waals surface area contributed by atoms with E-state index in [1.807, 2.05) is 0 Å². The zero-order chi connectivity index (χ0) is 13.4. The Labute approximate surface area is 119 Å². The Kier molecular flexibility index (Phi) is 3.48. The van der Waals surface area contributed by atoms with E-state index in [9.17, 15) is 4.79 Å². The molecule has 3 nitrogen and oxygen atoms in total. The predicted molar refractivity (Wildman–Crippen MR) is 75.2 cm³/mol. The summed E-state index contributed by atoms with van der Waals surface area (Å²) in [5, 5.41) is 0.432. The minimum absolute atomic E-state index is 0.117. The second-order valence-electron chi connectivity index (χ2n) is 5.78. The molecule has 2 aliphatic rings. The highest BCUT2D eigenvalue weighted by Crippen LogP contribution is 2.40. The second kappa shape index (κ2) is 5.12. The number of amides is 1. The number of carbonyl (C=O) groups is 1. The molecule has 102 valence electrons. The van der Waals surface area contributed by atoms with Crippen LogP contribution in [0.2, 0.25) is 5.15 Å². The molecule has 0 bridgehead atoms. The fourth-order valence-corrected chi connectivity index (χ4v) is 3.82.